The number of anilines is 1. The normalized spacial score (nSPS) is 23.0. The highest BCUT2D eigenvalue weighted by atomic mass is 32.2. The molecule has 9 heteroatoms. The van der Waals surface area contributed by atoms with Crippen LogP contribution in [0.2, 0.25) is 0 Å². The van der Waals surface area contributed by atoms with Gasteiger partial charge in [0.05, 0.1) is 4.88 Å². The highest BCUT2D eigenvalue weighted by Gasteiger charge is 2.34. The van der Waals surface area contributed by atoms with E-state index in [2.05, 4.69) is 23.6 Å². The van der Waals surface area contributed by atoms with Crippen molar-refractivity contribution in [1.29, 1.82) is 0 Å². The summed E-state index contributed by atoms with van der Waals surface area (Å²) in [5.41, 5.74) is 2.64. The van der Waals surface area contributed by atoms with Crippen LogP contribution in [0.4, 0.5) is 5.82 Å². The Morgan fingerprint density at radius 2 is 1.72 bits per heavy atom. The first-order valence-electron chi connectivity index (χ1n) is 15.0. The van der Waals surface area contributed by atoms with Gasteiger partial charge in [-0.05, 0) is 93.8 Å². The first kappa shape index (κ1) is 27.1. The van der Waals surface area contributed by atoms with E-state index in [4.69, 9.17) is 9.97 Å². The first-order valence-corrected chi connectivity index (χ1v) is 17.0. The summed E-state index contributed by atoms with van der Waals surface area (Å²) in [6.45, 7) is 2.87. The van der Waals surface area contributed by atoms with E-state index < -0.39 is 0 Å². The Balaban J connectivity index is 1.34. The Morgan fingerprint density at radius 3 is 2.46 bits per heavy atom. The molecular formula is C30H41N5O2S2. The third-order valence-corrected chi connectivity index (χ3v) is 10.9. The number of carbonyl (C=O) groups is 2. The summed E-state index contributed by atoms with van der Waals surface area (Å²) in [6, 6.07) is 3.05. The molecule has 4 fully saturated rings. The minimum Gasteiger partial charge on any atom is -0.367 e. The molecule has 4 heterocycles. The van der Waals surface area contributed by atoms with Gasteiger partial charge in [-0.25, -0.2) is 9.97 Å². The quantitative estimate of drug-likeness (QED) is 0.399. The topological polar surface area (TPSA) is 87.2 Å². The molecule has 2 saturated carbocycles. The van der Waals surface area contributed by atoms with Crippen molar-refractivity contribution in [3.05, 3.63) is 28.5 Å². The van der Waals surface area contributed by atoms with Crippen LogP contribution in [0.5, 0.6) is 0 Å². The molecule has 2 aromatic rings. The Hall–Kier alpha value is -2.13. The van der Waals surface area contributed by atoms with E-state index in [1.165, 1.54) is 49.0 Å². The smallest absolute Gasteiger partial charge is 0.280 e. The van der Waals surface area contributed by atoms with Gasteiger partial charge in [0.25, 0.3) is 11.8 Å². The van der Waals surface area contributed by atoms with Crippen LogP contribution in [0.25, 0.3) is 10.4 Å². The van der Waals surface area contributed by atoms with E-state index >= 15 is 0 Å². The summed E-state index contributed by atoms with van der Waals surface area (Å²) < 4.78 is 0. The summed E-state index contributed by atoms with van der Waals surface area (Å²) in [5.74, 6) is 3.35. The van der Waals surface area contributed by atoms with E-state index in [-0.39, 0.29) is 23.9 Å². The molecule has 0 unspecified atom stereocenters. The van der Waals surface area contributed by atoms with Crippen LogP contribution in [0.15, 0.2) is 12.3 Å². The van der Waals surface area contributed by atoms with Gasteiger partial charge in [-0.3, -0.25) is 9.59 Å². The molecule has 4 aliphatic rings. The molecule has 2 saturated heterocycles. The predicted octanol–water partition coefficient (Wildman–Crippen LogP) is 6.47. The monoisotopic (exact) mass is 567 g/mol. The van der Waals surface area contributed by atoms with Crippen molar-refractivity contribution < 1.29 is 9.59 Å². The predicted molar refractivity (Wildman–Crippen MR) is 160 cm³/mol. The summed E-state index contributed by atoms with van der Waals surface area (Å²) >= 11 is 3.31. The standard InChI is InChI=1S/C30H41N5O2S2/c1-19-7-5-6-14-35(19)30(37)26-27(39-29(34-26)28(36)33-22-12-15-38-16-13-22)24-18-31-25(17-23(24)20-10-11-20)32-21-8-3-2-4-9-21/h17-22H,2-16H2,1H3,(H,31,32)(H,33,36)/t19-/m0/s1. The number of rotatable bonds is 7. The average molecular weight is 568 g/mol. The Bertz CT molecular complexity index is 1180. The number of nitrogens with zero attached hydrogens (tertiary/aromatic N) is 3. The second-order valence-electron chi connectivity index (χ2n) is 11.8. The highest BCUT2D eigenvalue weighted by molar-refractivity contribution is 7.99. The van der Waals surface area contributed by atoms with Gasteiger partial charge in [0.1, 0.15) is 11.5 Å². The summed E-state index contributed by atoms with van der Waals surface area (Å²) in [4.78, 5) is 39.7. The second-order valence-corrected chi connectivity index (χ2v) is 14.0. The number of piperidine rings is 1. The van der Waals surface area contributed by atoms with Crippen LogP contribution in [0.3, 0.4) is 0 Å². The molecule has 2 aliphatic carbocycles. The molecule has 7 nitrogen and oxygen atoms in total. The molecule has 210 valence electrons. The molecule has 2 aliphatic heterocycles. The molecular weight excluding hydrogens is 526 g/mol. The van der Waals surface area contributed by atoms with E-state index in [0.29, 0.717) is 22.7 Å². The molecule has 6 rings (SSSR count). The van der Waals surface area contributed by atoms with E-state index in [1.54, 1.807) is 0 Å². The SMILES string of the molecule is C[C@H]1CCCCN1C(=O)c1nc(C(=O)NC2CCSCC2)sc1-c1cnc(NC2CCCCC2)cc1C1CC1. The highest BCUT2D eigenvalue weighted by Crippen LogP contribution is 2.47. The lowest BCUT2D eigenvalue weighted by atomic mass is 9.95. The van der Waals surface area contributed by atoms with E-state index in [1.807, 2.05) is 22.9 Å². The molecule has 0 aromatic carbocycles. The van der Waals surface area contributed by atoms with Gasteiger partial charge in [-0.1, -0.05) is 19.3 Å². The van der Waals surface area contributed by atoms with E-state index in [0.717, 1.165) is 79.3 Å². The fourth-order valence-electron chi connectivity index (χ4n) is 6.30. The number of carbonyl (C=O) groups excluding carboxylic acids is 2. The van der Waals surface area contributed by atoms with Crippen molar-refractivity contribution in [2.75, 3.05) is 23.4 Å². The van der Waals surface area contributed by atoms with Gasteiger partial charge in [-0.2, -0.15) is 11.8 Å². The van der Waals surface area contributed by atoms with E-state index in [9.17, 15) is 9.59 Å². The minimum absolute atomic E-state index is 0.0484. The molecule has 39 heavy (non-hydrogen) atoms. The third-order valence-electron chi connectivity index (χ3n) is 8.80. The van der Waals surface area contributed by atoms with Crippen LogP contribution >= 0.6 is 23.1 Å². The van der Waals surface area contributed by atoms with Crippen LogP contribution in [0, 0.1) is 0 Å². The largest absolute Gasteiger partial charge is 0.367 e. The lowest BCUT2D eigenvalue weighted by Gasteiger charge is -2.33. The number of nitrogens with one attached hydrogen (secondary N) is 2. The van der Waals surface area contributed by atoms with Crippen molar-refractivity contribution in [2.45, 2.75) is 108 Å². The summed E-state index contributed by atoms with van der Waals surface area (Å²) in [7, 11) is 0. The number of amides is 2. The number of pyridine rings is 1. The number of aromatic nitrogens is 2. The van der Waals surface area contributed by atoms with Crippen LogP contribution in [-0.2, 0) is 0 Å². The fourth-order valence-corrected chi connectivity index (χ4v) is 8.40. The zero-order chi connectivity index (χ0) is 26.8. The molecule has 2 N–H and O–H groups in total. The molecule has 2 amide bonds. The molecule has 0 spiro atoms. The summed E-state index contributed by atoms with van der Waals surface area (Å²) in [6.07, 6.45) is 15.6. The Labute approximate surface area is 240 Å². The van der Waals surface area contributed by atoms with Gasteiger partial charge in [-0.15, -0.1) is 11.3 Å². The van der Waals surface area contributed by atoms with Crippen molar-refractivity contribution in [1.82, 2.24) is 20.2 Å². The van der Waals surface area contributed by atoms with Crippen LogP contribution < -0.4 is 10.6 Å². The minimum atomic E-state index is -0.152. The second kappa shape index (κ2) is 12.2. The maximum absolute atomic E-state index is 14.0. The number of likely N-dealkylation sites (tertiary alicyclic amines) is 1. The number of hydrogen-bond donors (Lipinski definition) is 2. The third kappa shape index (κ3) is 6.29. The number of thioether (sulfide) groups is 1. The number of thiazole rings is 1. The maximum Gasteiger partial charge on any atom is 0.280 e. The Morgan fingerprint density at radius 1 is 0.949 bits per heavy atom. The number of hydrogen-bond acceptors (Lipinski definition) is 7. The van der Waals surface area contributed by atoms with Crippen molar-refractivity contribution >= 4 is 40.7 Å². The molecule has 1 atom stereocenters. The molecule has 0 radical (unpaired) electrons. The van der Waals surface area contributed by atoms with Gasteiger partial charge in [0, 0.05) is 36.4 Å². The fraction of sp³-hybridized carbons (Fsp3) is 0.667. The van der Waals surface area contributed by atoms with Gasteiger partial charge >= 0.3 is 0 Å². The molecule has 2 aromatic heterocycles. The zero-order valence-corrected chi connectivity index (χ0v) is 24.7. The zero-order valence-electron chi connectivity index (χ0n) is 23.0. The van der Waals surface area contributed by atoms with Gasteiger partial charge in [0.15, 0.2) is 5.01 Å². The first-order chi connectivity index (χ1) is 19.1. The van der Waals surface area contributed by atoms with Crippen molar-refractivity contribution in [3.63, 3.8) is 0 Å². The van der Waals surface area contributed by atoms with Crippen molar-refractivity contribution in [3.8, 4) is 10.4 Å². The lowest BCUT2D eigenvalue weighted by molar-refractivity contribution is 0.0631. The summed E-state index contributed by atoms with van der Waals surface area (Å²) in [5, 5.41) is 7.28. The van der Waals surface area contributed by atoms with Crippen LogP contribution in [0.1, 0.15) is 116 Å². The van der Waals surface area contributed by atoms with Gasteiger partial charge in [0.2, 0.25) is 0 Å². The Kier molecular flexibility index (Phi) is 8.44. The lowest BCUT2D eigenvalue weighted by Crippen LogP contribution is -2.42. The molecule has 0 bridgehead atoms. The van der Waals surface area contributed by atoms with Crippen molar-refractivity contribution in [2.24, 2.45) is 0 Å². The van der Waals surface area contributed by atoms with Gasteiger partial charge < -0.3 is 15.5 Å². The maximum atomic E-state index is 14.0. The average Bonchev–Trinajstić information content (AvgIpc) is 3.72. The van der Waals surface area contributed by atoms with Crippen LogP contribution in [-0.4, -0.2) is 62.9 Å².